The zero-order valence-electron chi connectivity index (χ0n) is 13.5. The third kappa shape index (κ3) is 3.23. The largest absolute Gasteiger partial charge is 0.380 e. The van der Waals surface area contributed by atoms with Gasteiger partial charge in [0.05, 0.1) is 6.04 Å². The maximum Gasteiger partial charge on any atom is 0.0722 e. The molecule has 0 saturated heterocycles. The van der Waals surface area contributed by atoms with Crippen LogP contribution in [0.15, 0.2) is 47.7 Å². The van der Waals surface area contributed by atoms with E-state index in [-0.39, 0.29) is 0 Å². The molecule has 1 fully saturated rings. The van der Waals surface area contributed by atoms with Crippen molar-refractivity contribution in [1.29, 1.82) is 0 Å². The van der Waals surface area contributed by atoms with E-state index < -0.39 is 0 Å². The summed E-state index contributed by atoms with van der Waals surface area (Å²) >= 11 is 0. The van der Waals surface area contributed by atoms with Gasteiger partial charge in [-0.2, -0.15) is 0 Å². The first-order chi connectivity index (χ1) is 10.1. The smallest absolute Gasteiger partial charge is 0.0722 e. The van der Waals surface area contributed by atoms with Gasteiger partial charge in [0.25, 0.3) is 0 Å². The van der Waals surface area contributed by atoms with Crippen LogP contribution in [0.4, 0.5) is 0 Å². The van der Waals surface area contributed by atoms with E-state index in [0.29, 0.717) is 6.04 Å². The molecule has 1 aliphatic carbocycles. The number of hydrogen-bond acceptors (Lipinski definition) is 1. The summed E-state index contributed by atoms with van der Waals surface area (Å²) in [6, 6.07) is 9.69. The van der Waals surface area contributed by atoms with E-state index >= 15 is 0 Å². The molecule has 2 aliphatic rings. The second kappa shape index (κ2) is 6.09. The molecule has 21 heavy (non-hydrogen) atoms. The molecule has 1 atom stereocenters. The first-order valence-electron chi connectivity index (χ1n) is 8.34. The summed E-state index contributed by atoms with van der Waals surface area (Å²) in [5, 5.41) is 3.51. The number of rotatable bonds is 2. The van der Waals surface area contributed by atoms with Crippen molar-refractivity contribution in [3.63, 3.8) is 0 Å². The molecule has 0 bridgehead atoms. The molecule has 112 valence electrons. The second-order valence-electron chi connectivity index (χ2n) is 7.00. The first kappa shape index (κ1) is 14.4. The quantitative estimate of drug-likeness (QED) is 0.757. The lowest BCUT2D eigenvalue weighted by molar-refractivity contribution is 0.348. The summed E-state index contributed by atoms with van der Waals surface area (Å²) in [5.74, 6) is 1.71. The molecule has 1 heterocycles. The van der Waals surface area contributed by atoms with Crippen LogP contribution < -0.4 is 5.32 Å². The third-order valence-electron chi connectivity index (χ3n) is 5.15. The number of hydrogen-bond donors (Lipinski definition) is 1. The highest BCUT2D eigenvalue weighted by molar-refractivity contribution is 5.37. The summed E-state index contributed by atoms with van der Waals surface area (Å²) in [6.45, 7) is 6.74. The maximum absolute atomic E-state index is 3.51. The van der Waals surface area contributed by atoms with E-state index in [2.05, 4.69) is 62.6 Å². The first-order valence-corrected chi connectivity index (χ1v) is 8.34. The van der Waals surface area contributed by atoms with Gasteiger partial charge in [-0.1, -0.05) is 50.1 Å². The Hall–Kier alpha value is -1.50. The Bertz CT molecular complexity index is 542. The minimum Gasteiger partial charge on any atom is -0.380 e. The van der Waals surface area contributed by atoms with Gasteiger partial charge in [-0.05, 0) is 60.8 Å². The lowest BCUT2D eigenvalue weighted by Crippen LogP contribution is -2.20. The van der Waals surface area contributed by atoms with Crippen molar-refractivity contribution in [2.75, 3.05) is 0 Å². The molecular formula is C20H27N. The molecule has 1 aromatic rings. The molecular weight excluding hydrogens is 254 g/mol. The Kier molecular flexibility index (Phi) is 4.19. The Morgan fingerprint density at radius 3 is 2.14 bits per heavy atom. The Labute approximate surface area is 129 Å². The van der Waals surface area contributed by atoms with E-state index in [1.807, 2.05) is 0 Å². The molecule has 0 amide bonds. The minimum absolute atomic E-state index is 0.342. The highest BCUT2D eigenvalue weighted by atomic mass is 14.9. The average Bonchev–Trinajstić information content (AvgIpc) is 2.48. The van der Waals surface area contributed by atoms with Crippen LogP contribution in [0, 0.1) is 5.92 Å². The molecule has 1 saturated carbocycles. The predicted octanol–water partition coefficient (Wildman–Crippen LogP) is 5.47. The summed E-state index contributed by atoms with van der Waals surface area (Å²) in [4.78, 5) is 0. The van der Waals surface area contributed by atoms with Crippen LogP contribution in [-0.4, -0.2) is 0 Å². The lowest BCUT2D eigenvalue weighted by Gasteiger charge is -2.27. The highest BCUT2D eigenvalue weighted by Crippen LogP contribution is 2.36. The molecule has 3 rings (SSSR count). The molecule has 1 N–H and O–H groups in total. The summed E-state index contributed by atoms with van der Waals surface area (Å²) in [7, 11) is 0. The van der Waals surface area contributed by atoms with Crippen molar-refractivity contribution < 1.29 is 0 Å². The van der Waals surface area contributed by atoms with Crippen molar-refractivity contribution >= 4 is 0 Å². The molecule has 0 radical (unpaired) electrons. The molecule has 1 aliphatic heterocycles. The standard InChI is InChI=1S/C20H27N/c1-14-4-6-17(7-5-14)18-8-10-19(11-9-18)20-16(3)12-15(2)13-21-20/h8-14,17,20-21H,4-7H2,1-3H3. The van der Waals surface area contributed by atoms with Crippen molar-refractivity contribution in [3.8, 4) is 0 Å². The molecule has 1 heteroatoms. The highest BCUT2D eigenvalue weighted by Gasteiger charge is 2.20. The summed E-state index contributed by atoms with van der Waals surface area (Å²) in [5.41, 5.74) is 5.61. The molecule has 0 spiro atoms. The number of allylic oxidation sites excluding steroid dienone is 2. The zero-order valence-corrected chi connectivity index (χ0v) is 13.5. The normalized spacial score (nSPS) is 29.4. The summed E-state index contributed by atoms with van der Waals surface area (Å²) in [6.07, 6.45) is 9.91. The van der Waals surface area contributed by atoms with Crippen LogP contribution in [0.3, 0.4) is 0 Å². The molecule has 1 unspecified atom stereocenters. The van der Waals surface area contributed by atoms with Gasteiger partial charge >= 0.3 is 0 Å². The van der Waals surface area contributed by atoms with Crippen molar-refractivity contribution in [3.05, 3.63) is 58.8 Å². The number of dihydropyridines is 1. The Balaban J connectivity index is 1.71. The van der Waals surface area contributed by atoms with Crippen LogP contribution in [-0.2, 0) is 0 Å². The maximum atomic E-state index is 3.51. The topological polar surface area (TPSA) is 12.0 Å². The third-order valence-corrected chi connectivity index (χ3v) is 5.15. The van der Waals surface area contributed by atoms with Crippen molar-refractivity contribution in [2.24, 2.45) is 5.92 Å². The van der Waals surface area contributed by atoms with Crippen LogP contribution >= 0.6 is 0 Å². The van der Waals surface area contributed by atoms with Crippen LogP contribution in [0.1, 0.15) is 69.5 Å². The SMILES string of the molecule is CC1=CNC(c2ccc(C3CCC(C)CC3)cc2)C(C)=C1. The van der Waals surface area contributed by atoms with Gasteiger partial charge in [-0.3, -0.25) is 0 Å². The van der Waals surface area contributed by atoms with E-state index in [4.69, 9.17) is 0 Å². The molecule has 1 nitrogen and oxygen atoms in total. The number of benzene rings is 1. The lowest BCUT2D eigenvalue weighted by atomic mass is 9.79. The second-order valence-corrected chi connectivity index (χ2v) is 7.00. The Morgan fingerprint density at radius 2 is 1.52 bits per heavy atom. The van der Waals surface area contributed by atoms with Gasteiger partial charge < -0.3 is 5.32 Å². The summed E-state index contributed by atoms with van der Waals surface area (Å²) < 4.78 is 0. The van der Waals surface area contributed by atoms with Crippen LogP contribution in [0.5, 0.6) is 0 Å². The average molecular weight is 281 g/mol. The van der Waals surface area contributed by atoms with Gasteiger partial charge in [-0.15, -0.1) is 0 Å². The number of nitrogens with one attached hydrogen (secondary N) is 1. The fourth-order valence-electron chi connectivity index (χ4n) is 3.74. The van der Waals surface area contributed by atoms with E-state index in [1.54, 1.807) is 0 Å². The Morgan fingerprint density at radius 1 is 0.905 bits per heavy atom. The predicted molar refractivity (Wildman–Crippen MR) is 90.2 cm³/mol. The van der Waals surface area contributed by atoms with Crippen molar-refractivity contribution in [2.45, 2.75) is 58.4 Å². The fourth-order valence-corrected chi connectivity index (χ4v) is 3.74. The molecule has 1 aromatic carbocycles. The van der Waals surface area contributed by atoms with Crippen molar-refractivity contribution in [1.82, 2.24) is 5.32 Å². The van der Waals surface area contributed by atoms with E-state index in [9.17, 15) is 0 Å². The van der Waals surface area contributed by atoms with E-state index in [0.717, 1.165) is 11.8 Å². The van der Waals surface area contributed by atoms with Gasteiger partial charge in [0.2, 0.25) is 0 Å². The van der Waals surface area contributed by atoms with Gasteiger partial charge in [0.15, 0.2) is 0 Å². The van der Waals surface area contributed by atoms with Gasteiger partial charge in [0, 0.05) is 6.20 Å². The monoisotopic (exact) mass is 281 g/mol. The molecule has 0 aromatic heterocycles. The fraction of sp³-hybridized carbons (Fsp3) is 0.500. The van der Waals surface area contributed by atoms with Crippen LogP contribution in [0.25, 0.3) is 0 Å². The van der Waals surface area contributed by atoms with Crippen LogP contribution in [0.2, 0.25) is 0 Å². The zero-order chi connectivity index (χ0) is 14.8. The minimum atomic E-state index is 0.342. The van der Waals surface area contributed by atoms with E-state index in [1.165, 1.54) is 48.0 Å². The van der Waals surface area contributed by atoms with Gasteiger partial charge in [-0.25, -0.2) is 0 Å². The van der Waals surface area contributed by atoms with Gasteiger partial charge in [0.1, 0.15) is 0 Å².